The summed E-state index contributed by atoms with van der Waals surface area (Å²) < 4.78 is 0. The minimum absolute atomic E-state index is 0.00868. The maximum absolute atomic E-state index is 14.3. The third kappa shape index (κ3) is 8.25. The Morgan fingerprint density at radius 1 is 1.00 bits per heavy atom. The predicted molar refractivity (Wildman–Crippen MR) is 177 cm³/mol. The summed E-state index contributed by atoms with van der Waals surface area (Å²) >= 11 is 0. The molecule has 4 fully saturated rings. The summed E-state index contributed by atoms with van der Waals surface area (Å²) in [5.41, 5.74) is -0.940. The van der Waals surface area contributed by atoms with Crippen LogP contribution < -0.4 is 21.3 Å². The summed E-state index contributed by atoms with van der Waals surface area (Å²) in [4.78, 5) is 82.1. The lowest BCUT2D eigenvalue weighted by atomic mass is 9.81. The summed E-state index contributed by atoms with van der Waals surface area (Å²) in [7, 11) is 0. The number of hydrogen-bond donors (Lipinski definition) is 4. The molecule has 3 aliphatic carbocycles. The molecule has 3 saturated carbocycles. The molecule has 47 heavy (non-hydrogen) atoms. The topological polar surface area (TPSA) is 154 Å². The van der Waals surface area contributed by atoms with E-state index in [1.807, 2.05) is 34.6 Å². The lowest BCUT2D eigenvalue weighted by Gasteiger charge is -2.38. The van der Waals surface area contributed by atoms with Crippen LogP contribution in [0.3, 0.4) is 0 Å². The highest BCUT2D eigenvalue weighted by atomic mass is 16.2. The second-order valence-corrected chi connectivity index (χ2v) is 15.5. The largest absolute Gasteiger partial charge is 0.346 e. The highest BCUT2D eigenvalue weighted by Gasteiger charge is 2.70. The van der Waals surface area contributed by atoms with Gasteiger partial charge in [-0.3, -0.25) is 24.0 Å². The van der Waals surface area contributed by atoms with Crippen LogP contribution in [0.4, 0.5) is 4.79 Å². The molecule has 0 radical (unpaired) electrons. The smallest absolute Gasteiger partial charge is 0.316 e. The first-order valence-corrected chi connectivity index (χ1v) is 17.2. The number of amides is 5. The number of carbonyl (C=O) groups is 6. The van der Waals surface area contributed by atoms with E-state index in [-0.39, 0.29) is 54.3 Å². The fourth-order valence-electron chi connectivity index (χ4n) is 7.62. The summed E-state index contributed by atoms with van der Waals surface area (Å²) in [5.74, 6) is -0.124. The van der Waals surface area contributed by atoms with Crippen molar-refractivity contribution in [2.24, 2.45) is 34.5 Å². The number of ketones is 2. The first kappa shape index (κ1) is 36.2. The van der Waals surface area contributed by atoms with E-state index in [4.69, 9.17) is 6.42 Å². The van der Waals surface area contributed by atoms with Gasteiger partial charge >= 0.3 is 6.03 Å². The monoisotopic (exact) mass is 651 g/mol. The average molecular weight is 652 g/mol. The summed E-state index contributed by atoms with van der Waals surface area (Å²) in [5, 5.41) is 11.0. The second kappa shape index (κ2) is 14.6. The zero-order valence-corrected chi connectivity index (χ0v) is 28.7. The van der Waals surface area contributed by atoms with Crippen LogP contribution in [-0.4, -0.2) is 77.5 Å². The maximum atomic E-state index is 14.3. The highest BCUT2D eigenvalue weighted by molar-refractivity contribution is 6.38. The fourth-order valence-corrected chi connectivity index (χ4v) is 7.62. The van der Waals surface area contributed by atoms with Crippen LogP contribution in [0, 0.1) is 46.8 Å². The fraction of sp³-hybridized carbons (Fsp3) is 0.722. The Morgan fingerprint density at radius 2 is 1.66 bits per heavy atom. The molecular formula is C36H53N5O6. The van der Waals surface area contributed by atoms with Crippen LogP contribution in [0.1, 0.15) is 92.4 Å². The van der Waals surface area contributed by atoms with Gasteiger partial charge in [0.1, 0.15) is 12.1 Å². The van der Waals surface area contributed by atoms with E-state index in [1.165, 1.54) is 11.0 Å². The molecule has 1 aliphatic heterocycles. The summed E-state index contributed by atoms with van der Waals surface area (Å²) in [6.07, 6.45) is 13.7. The maximum Gasteiger partial charge on any atom is 0.316 e. The van der Waals surface area contributed by atoms with E-state index in [9.17, 15) is 28.8 Å². The Morgan fingerprint density at radius 3 is 2.23 bits per heavy atom. The minimum Gasteiger partial charge on any atom is -0.346 e. The number of rotatable bonds is 14. The Bertz CT molecular complexity index is 1300. The van der Waals surface area contributed by atoms with E-state index in [1.54, 1.807) is 0 Å². The van der Waals surface area contributed by atoms with E-state index < -0.39 is 59.1 Å². The third-order valence-corrected chi connectivity index (χ3v) is 10.7. The van der Waals surface area contributed by atoms with E-state index >= 15 is 0 Å². The van der Waals surface area contributed by atoms with Gasteiger partial charge in [0.25, 0.3) is 5.91 Å². The summed E-state index contributed by atoms with van der Waals surface area (Å²) in [6.45, 7) is 13.6. The Balaban J connectivity index is 1.52. The van der Waals surface area contributed by atoms with Gasteiger partial charge in [-0.25, -0.2) is 4.79 Å². The quantitative estimate of drug-likeness (QED) is 0.129. The molecule has 6 atom stereocenters. The second-order valence-electron chi connectivity index (χ2n) is 15.5. The molecule has 0 aromatic rings. The molecule has 1 saturated heterocycles. The zero-order valence-electron chi connectivity index (χ0n) is 28.7. The predicted octanol–water partition coefficient (Wildman–Crippen LogP) is 2.88. The molecule has 4 rings (SSSR count). The van der Waals surface area contributed by atoms with Crippen LogP contribution in [-0.2, 0) is 24.0 Å². The number of terminal acetylenes is 1. The molecule has 0 aromatic heterocycles. The molecule has 0 bridgehead atoms. The number of carbonyl (C=O) groups excluding carboxylic acids is 6. The molecule has 0 spiro atoms. The normalized spacial score (nSPS) is 25.2. The first-order valence-electron chi connectivity index (χ1n) is 17.2. The molecular weight excluding hydrogens is 598 g/mol. The Hall–Kier alpha value is -3.68. The molecule has 5 amide bonds. The number of hydrogen-bond acceptors (Lipinski definition) is 6. The first-order chi connectivity index (χ1) is 22.1. The molecule has 0 aromatic carbocycles. The summed E-state index contributed by atoms with van der Waals surface area (Å²) in [6, 6.07) is -4.22. The van der Waals surface area contributed by atoms with Gasteiger partial charge < -0.3 is 26.2 Å². The third-order valence-electron chi connectivity index (χ3n) is 10.7. The van der Waals surface area contributed by atoms with Gasteiger partial charge in [0.05, 0.1) is 12.1 Å². The van der Waals surface area contributed by atoms with Crippen molar-refractivity contribution in [1.29, 1.82) is 0 Å². The minimum atomic E-state index is -1.16. The van der Waals surface area contributed by atoms with Crippen LogP contribution >= 0.6 is 0 Å². The van der Waals surface area contributed by atoms with Gasteiger partial charge in [-0.1, -0.05) is 60.0 Å². The van der Waals surface area contributed by atoms with Crippen molar-refractivity contribution in [1.82, 2.24) is 26.2 Å². The lowest BCUT2D eigenvalue weighted by molar-refractivity contribution is -0.145. The van der Waals surface area contributed by atoms with Gasteiger partial charge in [0.2, 0.25) is 17.6 Å². The van der Waals surface area contributed by atoms with Gasteiger partial charge in [-0.15, -0.1) is 18.9 Å². The molecule has 11 heteroatoms. The van der Waals surface area contributed by atoms with Crippen LogP contribution in [0.25, 0.3) is 0 Å². The number of nitrogens with one attached hydrogen (secondary N) is 4. The number of nitrogens with zero attached hydrogens (tertiary/aromatic N) is 1. The van der Waals surface area contributed by atoms with Crippen molar-refractivity contribution < 1.29 is 28.8 Å². The van der Waals surface area contributed by atoms with Crippen LogP contribution in [0.5, 0.6) is 0 Å². The Kier molecular flexibility index (Phi) is 11.2. The zero-order chi connectivity index (χ0) is 34.7. The lowest BCUT2D eigenvalue weighted by Crippen LogP contribution is -2.62. The van der Waals surface area contributed by atoms with E-state index in [2.05, 4.69) is 33.8 Å². The van der Waals surface area contributed by atoms with Gasteiger partial charge in [-0.05, 0) is 60.7 Å². The number of piperidine rings is 1. The van der Waals surface area contributed by atoms with Crippen molar-refractivity contribution >= 4 is 35.3 Å². The van der Waals surface area contributed by atoms with E-state index in [0.29, 0.717) is 6.54 Å². The Labute approximate surface area is 279 Å². The van der Waals surface area contributed by atoms with Crippen LogP contribution in [0.15, 0.2) is 12.7 Å². The van der Waals surface area contributed by atoms with E-state index in [0.717, 1.165) is 44.9 Å². The van der Waals surface area contributed by atoms with Crippen molar-refractivity contribution in [3.05, 3.63) is 12.7 Å². The van der Waals surface area contributed by atoms with Crippen molar-refractivity contribution in [3.63, 3.8) is 0 Å². The molecule has 4 aliphatic rings. The van der Waals surface area contributed by atoms with Gasteiger partial charge in [0.15, 0.2) is 5.78 Å². The molecule has 258 valence electrons. The molecule has 11 nitrogen and oxygen atoms in total. The number of fused-ring (bicyclic) bond motifs is 1. The van der Waals surface area contributed by atoms with Crippen molar-refractivity contribution in [3.8, 4) is 12.3 Å². The number of urea groups is 1. The highest BCUT2D eigenvalue weighted by Crippen LogP contribution is 2.65. The molecule has 1 unspecified atom stereocenters. The average Bonchev–Trinajstić information content (AvgIpc) is 3.91. The SMILES string of the molecule is C#CCCC(NC(=O)[C@@H]1[C@@H]2[C@H](CN1C(=O)[C@@H](NC(=O)N[C@H](C(=O)C1CC1)C1CCCCC1)C(C)(C)C)C2(C)C)C(=O)C(=O)NCC=C. The molecule has 1 heterocycles. The van der Waals surface area contributed by atoms with Crippen LogP contribution in [0.2, 0.25) is 0 Å². The molecule has 4 N–H and O–H groups in total. The van der Waals surface area contributed by atoms with Crippen molar-refractivity contribution in [2.75, 3.05) is 13.1 Å². The number of likely N-dealkylation sites (tertiary alicyclic amines) is 1. The standard InChI is InChI=1S/C36H53N5O6/c1-8-10-16-24(29(43)32(45)37-19-9-2)38-31(44)27-25-23(36(25,6)7)20-41(27)33(46)30(35(3,4)5)40-34(47)39-26(28(42)22-17-18-22)21-14-12-11-13-15-21/h1,9,21-27,30H,2,10-20H2,3-7H3,(H,37,45)(H,38,44)(H2,39,40,47)/t23-,24?,25-,26-,27-,30+/m0/s1. The number of Topliss-reactive ketones (excluding diaryl/α,β-unsaturated/α-hetero) is 2. The van der Waals surface area contributed by atoms with Crippen molar-refractivity contribution in [2.45, 2.75) is 117 Å². The van der Waals surface area contributed by atoms with Gasteiger partial charge in [0, 0.05) is 25.4 Å². The van der Waals surface area contributed by atoms with Gasteiger partial charge in [-0.2, -0.15) is 0 Å².